The van der Waals surface area contributed by atoms with Crippen molar-refractivity contribution < 1.29 is 14.7 Å². The Balaban J connectivity index is 2.26. The van der Waals surface area contributed by atoms with Gasteiger partial charge in [0, 0.05) is 18.8 Å². The largest absolute Gasteiger partial charge is 0.478 e. The fourth-order valence-corrected chi connectivity index (χ4v) is 2.83. The third kappa shape index (κ3) is 3.24. The highest BCUT2D eigenvalue weighted by molar-refractivity contribution is 5.99. The van der Waals surface area contributed by atoms with Gasteiger partial charge in [0.1, 0.15) is 0 Å². The molecule has 1 aromatic carbocycles. The van der Waals surface area contributed by atoms with Crippen LogP contribution in [0.3, 0.4) is 0 Å². The summed E-state index contributed by atoms with van der Waals surface area (Å²) in [5.74, 6) is -0.776. The number of carbonyl (C=O) groups excluding carboxylic acids is 1. The summed E-state index contributed by atoms with van der Waals surface area (Å²) >= 11 is 0. The number of carboxylic acids is 1. The van der Waals surface area contributed by atoms with Crippen LogP contribution in [0.5, 0.6) is 0 Å². The van der Waals surface area contributed by atoms with Crippen molar-refractivity contribution >= 4 is 17.6 Å². The molecule has 114 valence electrons. The average molecular weight is 290 g/mol. The van der Waals surface area contributed by atoms with Crippen molar-refractivity contribution in [2.45, 2.75) is 26.7 Å². The van der Waals surface area contributed by atoms with E-state index in [1.165, 1.54) is 0 Å². The predicted molar refractivity (Wildman–Crippen MR) is 81.5 cm³/mol. The first-order valence-corrected chi connectivity index (χ1v) is 7.31. The molecule has 0 saturated heterocycles. The fraction of sp³-hybridized carbons (Fsp3) is 0.500. The molecule has 1 heterocycles. The van der Waals surface area contributed by atoms with E-state index in [0.717, 1.165) is 24.1 Å². The molecular formula is C16H22N2O3. The second kappa shape index (κ2) is 6.26. The summed E-state index contributed by atoms with van der Waals surface area (Å²) in [6.07, 6.45) is 1.51. The quantitative estimate of drug-likeness (QED) is 0.867. The number of fused-ring (bicyclic) bond motifs is 1. The average Bonchev–Trinajstić information content (AvgIpc) is 2.86. The van der Waals surface area contributed by atoms with Crippen molar-refractivity contribution in [1.29, 1.82) is 0 Å². The zero-order chi connectivity index (χ0) is 15.6. The minimum absolute atomic E-state index is 0.00693. The standard InChI is InChI=1S/C16H22N2O3/c1-10(2)7-13(9-17)15(19)18-6-5-11-3-4-12(16(20)21)8-14(11)18/h3-4,8,10,13H,5-7,9,17H2,1-2H3,(H,20,21). The second-order valence-corrected chi connectivity index (χ2v) is 5.95. The molecule has 1 aliphatic rings. The topological polar surface area (TPSA) is 83.6 Å². The number of rotatable bonds is 5. The smallest absolute Gasteiger partial charge is 0.335 e. The van der Waals surface area contributed by atoms with Crippen molar-refractivity contribution in [2.75, 3.05) is 18.0 Å². The van der Waals surface area contributed by atoms with Crippen molar-refractivity contribution in [3.8, 4) is 0 Å². The van der Waals surface area contributed by atoms with Gasteiger partial charge in [0.15, 0.2) is 0 Å². The number of carboxylic acid groups (broad SMARTS) is 1. The SMILES string of the molecule is CC(C)CC(CN)C(=O)N1CCc2ccc(C(=O)O)cc21. The Bertz CT molecular complexity index is 554. The lowest BCUT2D eigenvalue weighted by molar-refractivity contribution is -0.122. The molecule has 1 unspecified atom stereocenters. The molecule has 0 aliphatic carbocycles. The van der Waals surface area contributed by atoms with E-state index in [0.29, 0.717) is 19.0 Å². The normalized spacial score (nSPS) is 15.1. The first-order valence-electron chi connectivity index (χ1n) is 7.31. The van der Waals surface area contributed by atoms with Crippen LogP contribution in [-0.4, -0.2) is 30.1 Å². The van der Waals surface area contributed by atoms with Crippen molar-refractivity contribution in [1.82, 2.24) is 0 Å². The van der Waals surface area contributed by atoms with E-state index in [2.05, 4.69) is 13.8 Å². The summed E-state index contributed by atoms with van der Waals surface area (Å²) < 4.78 is 0. The number of hydrogen-bond acceptors (Lipinski definition) is 3. The van der Waals surface area contributed by atoms with Gasteiger partial charge in [-0.25, -0.2) is 4.79 Å². The lowest BCUT2D eigenvalue weighted by Gasteiger charge is -2.24. The number of nitrogens with two attached hydrogens (primary N) is 1. The molecule has 2 rings (SSSR count). The lowest BCUT2D eigenvalue weighted by atomic mass is 9.96. The minimum Gasteiger partial charge on any atom is -0.478 e. The van der Waals surface area contributed by atoms with Gasteiger partial charge in [-0.05, 0) is 36.5 Å². The van der Waals surface area contributed by atoms with Crippen LogP contribution in [0.1, 0.15) is 36.2 Å². The van der Waals surface area contributed by atoms with E-state index in [4.69, 9.17) is 10.8 Å². The molecule has 1 aromatic rings. The van der Waals surface area contributed by atoms with Gasteiger partial charge in [0.2, 0.25) is 5.91 Å². The monoisotopic (exact) mass is 290 g/mol. The number of carbonyl (C=O) groups is 2. The van der Waals surface area contributed by atoms with Crippen LogP contribution in [0.15, 0.2) is 18.2 Å². The molecule has 0 fully saturated rings. The van der Waals surface area contributed by atoms with Gasteiger partial charge in [-0.15, -0.1) is 0 Å². The highest BCUT2D eigenvalue weighted by Gasteiger charge is 2.30. The Morgan fingerprint density at radius 2 is 2.10 bits per heavy atom. The molecule has 1 aliphatic heterocycles. The van der Waals surface area contributed by atoms with E-state index in [1.54, 1.807) is 23.1 Å². The Morgan fingerprint density at radius 1 is 1.38 bits per heavy atom. The summed E-state index contributed by atoms with van der Waals surface area (Å²) in [6.45, 7) is 5.06. The highest BCUT2D eigenvalue weighted by Crippen LogP contribution is 2.31. The zero-order valence-corrected chi connectivity index (χ0v) is 12.5. The summed E-state index contributed by atoms with van der Waals surface area (Å²) in [5.41, 5.74) is 7.70. The number of aromatic carboxylic acids is 1. The summed E-state index contributed by atoms with van der Waals surface area (Å²) in [7, 11) is 0. The Labute approximate surface area is 124 Å². The van der Waals surface area contributed by atoms with E-state index in [-0.39, 0.29) is 17.4 Å². The number of anilines is 1. The lowest BCUT2D eigenvalue weighted by Crippen LogP contribution is -2.38. The number of nitrogens with zero attached hydrogens (tertiary/aromatic N) is 1. The van der Waals surface area contributed by atoms with Crippen molar-refractivity contribution in [2.24, 2.45) is 17.6 Å². The van der Waals surface area contributed by atoms with Crippen molar-refractivity contribution in [3.05, 3.63) is 29.3 Å². The van der Waals surface area contributed by atoms with Crippen LogP contribution >= 0.6 is 0 Å². The first kappa shape index (κ1) is 15.5. The maximum absolute atomic E-state index is 12.7. The van der Waals surface area contributed by atoms with Gasteiger partial charge < -0.3 is 15.7 Å². The number of hydrogen-bond donors (Lipinski definition) is 2. The summed E-state index contributed by atoms with van der Waals surface area (Å²) in [6, 6.07) is 4.97. The van der Waals surface area contributed by atoms with Gasteiger partial charge in [-0.2, -0.15) is 0 Å². The molecule has 3 N–H and O–H groups in total. The molecular weight excluding hydrogens is 268 g/mol. The Hall–Kier alpha value is -1.88. The van der Waals surface area contributed by atoms with E-state index in [9.17, 15) is 9.59 Å². The Kier molecular flexibility index (Phi) is 4.63. The van der Waals surface area contributed by atoms with Crippen LogP contribution in [-0.2, 0) is 11.2 Å². The third-order valence-corrected chi connectivity index (χ3v) is 3.88. The number of benzene rings is 1. The van der Waals surface area contributed by atoms with Gasteiger partial charge in [-0.3, -0.25) is 4.79 Å². The van der Waals surface area contributed by atoms with Crippen molar-refractivity contribution in [3.63, 3.8) is 0 Å². The molecule has 21 heavy (non-hydrogen) atoms. The second-order valence-electron chi connectivity index (χ2n) is 5.95. The molecule has 0 saturated carbocycles. The van der Waals surface area contributed by atoms with Gasteiger partial charge in [-0.1, -0.05) is 19.9 Å². The molecule has 0 spiro atoms. The molecule has 5 heteroatoms. The minimum atomic E-state index is -0.977. The fourth-order valence-electron chi connectivity index (χ4n) is 2.83. The predicted octanol–water partition coefficient (Wildman–Crippen LogP) is 1.89. The van der Waals surface area contributed by atoms with Crippen LogP contribution < -0.4 is 10.6 Å². The van der Waals surface area contributed by atoms with E-state index < -0.39 is 5.97 Å². The van der Waals surface area contributed by atoms with Gasteiger partial charge in [0.25, 0.3) is 0 Å². The number of amides is 1. The highest BCUT2D eigenvalue weighted by atomic mass is 16.4. The first-order chi connectivity index (χ1) is 9.93. The van der Waals surface area contributed by atoms with Crippen LogP contribution in [0, 0.1) is 11.8 Å². The summed E-state index contributed by atoms with van der Waals surface area (Å²) in [4.78, 5) is 25.4. The van der Waals surface area contributed by atoms with Crippen LogP contribution in [0.2, 0.25) is 0 Å². The molecule has 1 amide bonds. The van der Waals surface area contributed by atoms with Crippen LogP contribution in [0.25, 0.3) is 0 Å². The maximum atomic E-state index is 12.7. The van der Waals surface area contributed by atoms with Crippen LogP contribution in [0.4, 0.5) is 5.69 Å². The molecule has 0 aromatic heterocycles. The van der Waals surface area contributed by atoms with Gasteiger partial charge >= 0.3 is 5.97 Å². The maximum Gasteiger partial charge on any atom is 0.335 e. The molecule has 0 radical (unpaired) electrons. The molecule has 1 atom stereocenters. The molecule has 0 bridgehead atoms. The van der Waals surface area contributed by atoms with Gasteiger partial charge in [0.05, 0.1) is 11.5 Å². The van der Waals surface area contributed by atoms with E-state index in [1.807, 2.05) is 0 Å². The zero-order valence-electron chi connectivity index (χ0n) is 12.5. The molecule has 5 nitrogen and oxygen atoms in total. The van der Waals surface area contributed by atoms with E-state index >= 15 is 0 Å². The third-order valence-electron chi connectivity index (χ3n) is 3.88. The Morgan fingerprint density at radius 3 is 2.67 bits per heavy atom. The summed E-state index contributed by atoms with van der Waals surface area (Å²) in [5, 5.41) is 9.09.